The molecule has 3 aliphatic heterocycles. The molecule has 1 amide bonds. The van der Waals surface area contributed by atoms with Crippen molar-refractivity contribution >= 4 is 23.5 Å². The molecule has 0 unspecified atom stereocenters. The standard InChI is InChI=1S/C24H25ClN2O3/c1-30-22(28)18-8-6-17(7-9-18)21-13-19-15-26(14-16-4-2-5-20(25)12-16)23(29)24(19)10-3-11-27(21)24/h2,4-9,12,19,21H,3,10-11,13-15H2,1H3/t19-,21-,24-/m0/s1. The molecule has 0 N–H and O–H groups in total. The third-order valence-electron chi connectivity index (χ3n) is 7.11. The maximum absolute atomic E-state index is 13.6. The molecule has 0 aromatic heterocycles. The summed E-state index contributed by atoms with van der Waals surface area (Å²) in [7, 11) is 1.39. The van der Waals surface area contributed by atoms with Crippen molar-refractivity contribution in [3.8, 4) is 0 Å². The molecule has 30 heavy (non-hydrogen) atoms. The SMILES string of the molecule is COC(=O)c1ccc([C@@H]2C[C@H]3CN(Cc4cccc(Cl)c4)C(=O)[C@]34CCCN24)cc1. The maximum Gasteiger partial charge on any atom is 0.337 e. The van der Waals surface area contributed by atoms with Crippen LogP contribution in [-0.4, -0.2) is 47.4 Å². The van der Waals surface area contributed by atoms with E-state index < -0.39 is 0 Å². The lowest BCUT2D eigenvalue weighted by atomic mass is 9.85. The Balaban J connectivity index is 1.38. The van der Waals surface area contributed by atoms with E-state index in [1.807, 2.05) is 53.4 Å². The van der Waals surface area contributed by atoms with Crippen LogP contribution in [0.5, 0.6) is 0 Å². The van der Waals surface area contributed by atoms with Crippen LogP contribution in [0, 0.1) is 5.92 Å². The highest BCUT2D eigenvalue weighted by atomic mass is 35.5. The van der Waals surface area contributed by atoms with Gasteiger partial charge in [0.1, 0.15) is 5.54 Å². The van der Waals surface area contributed by atoms with Gasteiger partial charge >= 0.3 is 5.97 Å². The van der Waals surface area contributed by atoms with E-state index in [-0.39, 0.29) is 23.5 Å². The van der Waals surface area contributed by atoms with Crippen LogP contribution >= 0.6 is 11.6 Å². The molecule has 3 heterocycles. The molecule has 6 heteroatoms. The molecular formula is C24H25ClN2O3. The summed E-state index contributed by atoms with van der Waals surface area (Å²) in [5.41, 5.74) is 2.43. The maximum atomic E-state index is 13.6. The predicted molar refractivity (Wildman–Crippen MR) is 114 cm³/mol. The Hall–Kier alpha value is -2.37. The van der Waals surface area contributed by atoms with Crippen LogP contribution in [0.25, 0.3) is 0 Å². The molecule has 2 aromatic carbocycles. The number of hydrogen-bond donors (Lipinski definition) is 0. The van der Waals surface area contributed by atoms with Crippen molar-refractivity contribution < 1.29 is 14.3 Å². The number of hydrogen-bond acceptors (Lipinski definition) is 4. The van der Waals surface area contributed by atoms with E-state index in [4.69, 9.17) is 16.3 Å². The third kappa shape index (κ3) is 2.95. The third-order valence-corrected chi connectivity index (χ3v) is 7.34. The lowest BCUT2D eigenvalue weighted by Gasteiger charge is -2.33. The first kappa shape index (κ1) is 19.6. The van der Waals surface area contributed by atoms with Gasteiger partial charge in [-0.3, -0.25) is 9.69 Å². The number of benzene rings is 2. The molecule has 5 nitrogen and oxygen atoms in total. The fourth-order valence-corrected chi connectivity index (χ4v) is 6.06. The molecule has 3 atom stereocenters. The molecule has 5 rings (SSSR count). The second-order valence-corrected chi connectivity index (χ2v) is 9.04. The molecule has 0 radical (unpaired) electrons. The summed E-state index contributed by atoms with van der Waals surface area (Å²) in [5, 5.41) is 0.704. The zero-order chi connectivity index (χ0) is 20.9. The van der Waals surface area contributed by atoms with E-state index in [0.717, 1.165) is 37.9 Å². The van der Waals surface area contributed by atoms with Crippen molar-refractivity contribution in [2.75, 3.05) is 20.2 Å². The summed E-state index contributed by atoms with van der Waals surface area (Å²) in [5.74, 6) is 0.268. The largest absolute Gasteiger partial charge is 0.465 e. The van der Waals surface area contributed by atoms with Gasteiger partial charge in [0.25, 0.3) is 0 Å². The van der Waals surface area contributed by atoms with Crippen LogP contribution in [0.15, 0.2) is 48.5 Å². The minimum atomic E-state index is -0.371. The van der Waals surface area contributed by atoms with E-state index in [9.17, 15) is 9.59 Å². The highest BCUT2D eigenvalue weighted by Gasteiger charge is 2.65. The van der Waals surface area contributed by atoms with Gasteiger partial charge in [0, 0.05) is 30.1 Å². The normalized spacial score (nSPS) is 27.9. The van der Waals surface area contributed by atoms with Crippen LogP contribution in [-0.2, 0) is 16.1 Å². The van der Waals surface area contributed by atoms with Crippen molar-refractivity contribution in [3.05, 3.63) is 70.2 Å². The quantitative estimate of drug-likeness (QED) is 0.694. The lowest BCUT2D eigenvalue weighted by molar-refractivity contribution is -0.137. The van der Waals surface area contributed by atoms with Crippen LogP contribution in [0.1, 0.15) is 46.8 Å². The van der Waals surface area contributed by atoms with E-state index in [1.165, 1.54) is 12.7 Å². The van der Waals surface area contributed by atoms with Gasteiger partial charge in [0.2, 0.25) is 5.91 Å². The summed E-state index contributed by atoms with van der Waals surface area (Å²) in [4.78, 5) is 29.8. The van der Waals surface area contributed by atoms with E-state index in [2.05, 4.69) is 4.90 Å². The lowest BCUT2D eigenvalue weighted by Crippen LogP contribution is -2.49. The summed E-state index contributed by atoms with van der Waals surface area (Å²) in [6.07, 6.45) is 2.94. The monoisotopic (exact) mass is 424 g/mol. The number of nitrogens with zero attached hydrogens (tertiary/aromatic N) is 2. The molecule has 2 aromatic rings. The van der Waals surface area contributed by atoms with Gasteiger partial charge in [-0.15, -0.1) is 0 Å². The smallest absolute Gasteiger partial charge is 0.337 e. The van der Waals surface area contributed by atoms with Gasteiger partial charge in [-0.25, -0.2) is 4.79 Å². The number of rotatable bonds is 4. The van der Waals surface area contributed by atoms with E-state index in [0.29, 0.717) is 23.0 Å². The second-order valence-electron chi connectivity index (χ2n) is 8.60. The molecule has 0 saturated carbocycles. The minimum Gasteiger partial charge on any atom is -0.465 e. The molecule has 0 aliphatic carbocycles. The number of methoxy groups -OCH3 is 1. The van der Waals surface area contributed by atoms with E-state index in [1.54, 1.807) is 0 Å². The molecular weight excluding hydrogens is 400 g/mol. The van der Waals surface area contributed by atoms with Crippen molar-refractivity contribution in [1.82, 2.24) is 9.80 Å². The van der Waals surface area contributed by atoms with Gasteiger partial charge in [0.05, 0.1) is 12.7 Å². The Labute approximate surface area is 181 Å². The van der Waals surface area contributed by atoms with Crippen molar-refractivity contribution in [2.24, 2.45) is 5.92 Å². The molecule has 156 valence electrons. The number of esters is 1. The summed E-state index contributed by atoms with van der Waals surface area (Å²) < 4.78 is 4.80. The molecule has 1 spiro atoms. The molecule has 3 fully saturated rings. The zero-order valence-electron chi connectivity index (χ0n) is 17.0. The average molecular weight is 425 g/mol. The Morgan fingerprint density at radius 3 is 2.77 bits per heavy atom. The first-order chi connectivity index (χ1) is 14.5. The highest BCUT2D eigenvalue weighted by Crippen LogP contribution is 2.56. The number of likely N-dealkylation sites (tertiary alicyclic amines) is 1. The minimum absolute atomic E-state index is 0.224. The van der Waals surface area contributed by atoms with E-state index >= 15 is 0 Å². The topological polar surface area (TPSA) is 49.9 Å². The summed E-state index contributed by atoms with van der Waals surface area (Å²) in [6.45, 7) is 2.35. The highest BCUT2D eigenvalue weighted by molar-refractivity contribution is 6.30. The Morgan fingerprint density at radius 2 is 2.03 bits per heavy atom. The Bertz CT molecular complexity index is 992. The number of carbonyl (C=O) groups is 2. The zero-order valence-corrected chi connectivity index (χ0v) is 17.8. The fraction of sp³-hybridized carbons (Fsp3) is 0.417. The average Bonchev–Trinajstić information content (AvgIpc) is 3.38. The van der Waals surface area contributed by atoms with Crippen molar-refractivity contribution in [2.45, 2.75) is 37.4 Å². The fourth-order valence-electron chi connectivity index (χ4n) is 5.85. The van der Waals surface area contributed by atoms with Gasteiger partial charge in [-0.05, 0) is 61.2 Å². The molecule has 0 bridgehead atoms. The first-order valence-corrected chi connectivity index (χ1v) is 10.9. The number of ether oxygens (including phenoxy) is 1. The van der Waals surface area contributed by atoms with Gasteiger partial charge < -0.3 is 9.64 Å². The molecule has 3 saturated heterocycles. The van der Waals surface area contributed by atoms with Crippen molar-refractivity contribution in [1.29, 1.82) is 0 Å². The first-order valence-electron chi connectivity index (χ1n) is 10.5. The van der Waals surface area contributed by atoms with Crippen LogP contribution in [0.4, 0.5) is 0 Å². The Kier molecular flexibility index (Phi) is 4.83. The Morgan fingerprint density at radius 1 is 1.23 bits per heavy atom. The van der Waals surface area contributed by atoms with Crippen LogP contribution < -0.4 is 0 Å². The predicted octanol–water partition coefficient (Wildman–Crippen LogP) is 4.06. The van der Waals surface area contributed by atoms with Crippen LogP contribution in [0.3, 0.4) is 0 Å². The van der Waals surface area contributed by atoms with Gasteiger partial charge in [-0.1, -0.05) is 35.9 Å². The molecule has 3 aliphatic rings. The number of amides is 1. The summed E-state index contributed by atoms with van der Waals surface area (Å²) >= 11 is 6.14. The second kappa shape index (κ2) is 7.40. The van der Waals surface area contributed by atoms with Gasteiger partial charge in [-0.2, -0.15) is 0 Å². The van der Waals surface area contributed by atoms with Crippen molar-refractivity contribution in [3.63, 3.8) is 0 Å². The number of carbonyl (C=O) groups excluding carboxylic acids is 2. The van der Waals surface area contributed by atoms with Crippen LogP contribution in [0.2, 0.25) is 5.02 Å². The summed E-state index contributed by atoms with van der Waals surface area (Å²) in [6, 6.07) is 15.7. The number of halogens is 1. The van der Waals surface area contributed by atoms with Gasteiger partial charge in [0.15, 0.2) is 0 Å².